The Bertz CT molecular complexity index is 866. The number of rotatable bonds is 5. The van der Waals surface area contributed by atoms with E-state index in [1.54, 1.807) is 12.4 Å². The number of likely N-dealkylation sites (tertiary alicyclic amines) is 1. The predicted octanol–water partition coefficient (Wildman–Crippen LogP) is 1.38. The minimum atomic E-state index is -0.531. The molecule has 2 fully saturated rings. The molecule has 0 radical (unpaired) electrons. The zero-order valence-electron chi connectivity index (χ0n) is 16.1. The zero-order valence-corrected chi connectivity index (χ0v) is 16.1. The molecule has 2 aromatic rings. The predicted molar refractivity (Wildman–Crippen MR) is 107 cm³/mol. The fourth-order valence-corrected chi connectivity index (χ4v) is 4.12. The molecule has 3 heterocycles. The van der Waals surface area contributed by atoms with Crippen molar-refractivity contribution in [3.8, 4) is 0 Å². The number of amides is 2. The third-order valence-corrected chi connectivity index (χ3v) is 5.80. The summed E-state index contributed by atoms with van der Waals surface area (Å²) in [6, 6.07) is 9.36. The molecule has 0 aliphatic carbocycles. The van der Waals surface area contributed by atoms with E-state index < -0.39 is 5.54 Å². The van der Waals surface area contributed by atoms with Crippen LogP contribution in [0.4, 0.5) is 10.1 Å². The molecule has 1 aromatic heterocycles. The minimum absolute atomic E-state index is 0.0746. The lowest BCUT2D eigenvalue weighted by Gasteiger charge is -2.43. The lowest BCUT2D eigenvalue weighted by molar-refractivity contribution is -0.125. The number of anilines is 1. The summed E-state index contributed by atoms with van der Waals surface area (Å²) in [6.45, 7) is 3.25. The number of nitrogens with zero attached hydrogens (tertiary/aromatic N) is 3. The van der Waals surface area contributed by atoms with Crippen LogP contribution in [0.3, 0.4) is 0 Å². The first-order chi connectivity index (χ1) is 14.1. The van der Waals surface area contributed by atoms with Crippen molar-refractivity contribution in [3.63, 3.8) is 0 Å². The summed E-state index contributed by atoms with van der Waals surface area (Å²) in [5, 5.41) is 5.85. The van der Waals surface area contributed by atoms with Crippen LogP contribution in [0, 0.1) is 5.82 Å². The molecule has 2 saturated heterocycles. The van der Waals surface area contributed by atoms with Crippen LogP contribution >= 0.6 is 0 Å². The number of hydrogen-bond acceptors (Lipinski definition) is 5. The van der Waals surface area contributed by atoms with Crippen molar-refractivity contribution in [2.24, 2.45) is 0 Å². The van der Waals surface area contributed by atoms with Crippen LogP contribution in [0.5, 0.6) is 0 Å². The Balaban J connectivity index is 1.30. The number of pyridine rings is 1. The highest BCUT2D eigenvalue weighted by Crippen LogP contribution is 2.35. The molecule has 0 atom stereocenters. The highest BCUT2D eigenvalue weighted by molar-refractivity contribution is 5.94. The Morgan fingerprint density at radius 2 is 1.97 bits per heavy atom. The molecule has 0 unspecified atom stereocenters. The Labute approximate surface area is 168 Å². The van der Waals surface area contributed by atoms with Crippen LogP contribution in [0.15, 0.2) is 48.8 Å². The molecule has 4 rings (SSSR count). The average molecular weight is 397 g/mol. The maximum absolute atomic E-state index is 13.0. The van der Waals surface area contributed by atoms with E-state index in [0.717, 1.165) is 31.6 Å². The van der Waals surface area contributed by atoms with Crippen molar-refractivity contribution in [2.45, 2.75) is 18.4 Å². The smallest absolute Gasteiger partial charge is 0.251 e. The molecule has 2 aliphatic heterocycles. The van der Waals surface area contributed by atoms with Crippen LogP contribution in [0.25, 0.3) is 0 Å². The van der Waals surface area contributed by atoms with Gasteiger partial charge in [-0.1, -0.05) is 0 Å². The molecule has 1 spiro atoms. The summed E-state index contributed by atoms with van der Waals surface area (Å²) < 4.78 is 13.0. The molecule has 7 nitrogen and oxygen atoms in total. The fourth-order valence-electron chi connectivity index (χ4n) is 4.12. The van der Waals surface area contributed by atoms with Gasteiger partial charge in [-0.25, -0.2) is 4.39 Å². The summed E-state index contributed by atoms with van der Waals surface area (Å²) in [6.07, 6.45) is 4.96. The van der Waals surface area contributed by atoms with E-state index in [2.05, 4.69) is 25.4 Å². The maximum Gasteiger partial charge on any atom is 0.251 e. The lowest BCUT2D eigenvalue weighted by atomic mass is 9.85. The first kappa shape index (κ1) is 19.3. The SMILES string of the molecule is O=C(NCCN1CCC2(CC1)C(=O)NCN2c1cccnc1)c1ccc(F)cc1. The second-order valence-electron chi connectivity index (χ2n) is 7.44. The number of piperidine rings is 1. The van der Waals surface area contributed by atoms with Gasteiger partial charge >= 0.3 is 0 Å². The first-order valence-electron chi connectivity index (χ1n) is 9.81. The Morgan fingerprint density at radius 1 is 1.21 bits per heavy atom. The van der Waals surface area contributed by atoms with Gasteiger partial charge < -0.3 is 20.4 Å². The topological polar surface area (TPSA) is 77.6 Å². The summed E-state index contributed by atoms with van der Waals surface area (Å²) in [5.74, 6) is -0.498. The van der Waals surface area contributed by atoms with Crippen molar-refractivity contribution in [3.05, 3.63) is 60.2 Å². The summed E-state index contributed by atoms with van der Waals surface area (Å²) >= 11 is 0. The van der Waals surface area contributed by atoms with Gasteiger partial charge in [0.25, 0.3) is 5.91 Å². The van der Waals surface area contributed by atoms with Gasteiger partial charge in [-0.15, -0.1) is 0 Å². The third-order valence-electron chi connectivity index (χ3n) is 5.80. The van der Waals surface area contributed by atoms with Gasteiger partial charge in [0.2, 0.25) is 5.91 Å². The van der Waals surface area contributed by atoms with E-state index in [9.17, 15) is 14.0 Å². The number of nitrogens with one attached hydrogen (secondary N) is 2. The van der Waals surface area contributed by atoms with E-state index in [1.807, 2.05) is 12.1 Å². The second kappa shape index (κ2) is 8.16. The fraction of sp³-hybridized carbons (Fsp3) is 0.381. The summed E-state index contributed by atoms with van der Waals surface area (Å²) in [4.78, 5) is 33.3. The summed E-state index contributed by atoms with van der Waals surface area (Å²) in [7, 11) is 0. The standard InChI is InChI=1S/C21H24FN5O2/c22-17-5-3-16(4-6-17)19(28)24-10-13-26-11-7-21(8-12-26)20(29)25-15-27(21)18-2-1-9-23-14-18/h1-6,9,14H,7-8,10-13,15H2,(H,24,28)(H,25,29). The van der Waals surface area contributed by atoms with Crippen LogP contribution in [-0.4, -0.2) is 60.1 Å². The second-order valence-corrected chi connectivity index (χ2v) is 7.44. The number of carbonyl (C=O) groups is 2. The van der Waals surface area contributed by atoms with Crippen molar-refractivity contribution in [1.82, 2.24) is 20.5 Å². The van der Waals surface area contributed by atoms with Crippen molar-refractivity contribution >= 4 is 17.5 Å². The van der Waals surface area contributed by atoms with Gasteiger partial charge in [-0.2, -0.15) is 0 Å². The number of benzene rings is 1. The van der Waals surface area contributed by atoms with Crippen LogP contribution in [-0.2, 0) is 4.79 Å². The van der Waals surface area contributed by atoms with E-state index >= 15 is 0 Å². The molecule has 8 heteroatoms. The number of aromatic nitrogens is 1. The number of halogens is 1. The van der Waals surface area contributed by atoms with Crippen LogP contribution in [0.1, 0.15) is 23.2 Å². The zero-order chi connectivity index (χ0) is 20.3. The van der Waals surface area contributed by atoms with Gasteiger partial charge in [-0.05, 0) is 49.2 Å². The van der Waals surface area contributed by atoms with E-state index in [4.69, 9.17) is 0 Å². The molecule has 0 bridgehead atoms. The van der Waals surface area contributed by atoms with Gasteiger partial charge in [0.15, 0.2) is 0 Å². The minimum Gasteiger partial charge on any atom is -0.351 e. The molecule has 0 saturated carbocycles. The quantitative estimate of drug-likeness (QED) is 0.797. The van der Waals surface area contributed by atoms with Crippen LogP contribution in [0.2, 0.25) is 0 Å². The lowest BCUT2D eigenvalue weighted by Crippen LogP contribution is -2.57. The van der Waals surface area contributed by atoms with E-state index in [-0.39, 0.29) is 17.6 Å². The average Bonchev–Trinajstić information content (AvgIpc) is 3.06. The Morgan fingerprint density at radius 3 is 2.66 bits per heavy atom. The van der Waals surface area contributed by atoms with E-state index in [1.165, 1.54) is 24.3 Å². The van der Waals surface area contributed by atoms with Crippen LogP contribution < -0.4 is 15.5 Å². The highest BCUT2D eigenvalue weighted by atomic mass is 19.1. The molecule has 2 N–H and O–H groups in total. The van der Waals surface area contributed by atoms with E-state index in [0.29, 0.717) is 25.3 Å². The molecule has 29 heavy (non-hydrogen) atoms. The molecule has 2 amide bonds. The van der Waals surface area contributed by atoms with Crippen molar-refractivity contribution < 1.29 is 14.0 Å². The van der Waals surface area contributed by atoms with Gasteiger partial charge in [0.05, 0.1) is 18.6 Å². The molecule has 1 aromatic carbocycles. The maximum atomic E-state index is 13.0. The van der Waals surface area contributed by atoms with Gasteiger partial charge in [-0.3, -0.25) is 14.6 Å². The molecule has 2 aliphatic rings. The molecule has 152 valence electrons. The Hall–Kier alpha value is -3.00. The van der Waals surface area contributed by atoms with Gasteiger partial charge in [0, 0.05) is 37.9 Å². The van der Waals surface area contributed by atoms with Crippen molar-refractivity contribution in [1.29, 1.82) is 0 Å². The monoisotopic (exact) mass is 397 g/mol. The third kappa shape index (κ3) is 3.93. The molecular weight excluding hydrogens is 373 g/mol. The van der Waals surface area contributed by atoms with Gasteiger partial charge in [0.1, 0.15) is 11.4 Å². The summed E-state index contributed by atoms with van der Waals surface area (Å²) in [5.41, 5.74) is 0.862. The first-order valence-corrected chi connectivity index (χ1v) is 9.81. The largest absolute Gasteiger partial charge is 0.351 e. The van der Waals surface area contributed by atoms with Crippen molar-refractivity contribution in [2.75, 3.05) is 37.7 Å². The number of hydrogen-bond donors (Lipinski definition) is 2. The Kier molecular flexibility index (Phi) is 5.44. The number of carbonyl (C=O) groups excluding carboxylic acids is 2. The molecular formula is C21H24FN5O2. The normalized spacial score (nSPS) is 18.7. The highest BCUT2D eigenvalue weighted by Gasteiger charge is 2.50.